The first-order valence-corrected chi connectivity index (χ1v) is 5.95. The molecule has 5 nitrogen and oxygen atoms in total. The summed E-state index contributed by atoms with van der Waals surface area (Å²) in [6.07, 6.45) is -2.09. The molecule has 4 atom stereocenters. The van der Waals surface area contributed by atoms with Gasteiger partial charge in [-0.25, -0.2) is 0 Å². The molecule has 0 bridgehead atoms. The lowest BCUT2D eigenvalue weighted by atomic mass is 9.99. The highest BCUT2D eigenvalue weighted by Crippen LogP contribution is 2.19. The van der Waals surface area contributed by atoms with Crippen LogP contribution in [0.25, 0.3) is 0 Å². The van der Waals surface area contributed by atoms with E-state index in [0.29, 0.717) is 5.56 Å². The van der Waals surface area contributed by atoms with Crippen LogP contribution >= 0.6 is 0 Å². The molecule has 3 N–H and O–H groups in total. The summed E-state index contributed by atoms with van der Waals surface area (Å²) in [5, 5.41) is 22.1. The van der Waals surface area contributed by atoms with Crippen LogP contribution < -0.4 is 5.32 Å². The zero-order valence-electron chi connectivity index (χ0n) is 10.1. The van der Waals surface area contributed by atoms with Crippen LogP contribution in [0.4, 0.5) is 0 Å². The highest BCUT2D eigenvalue weighted by atomic mass is 16.6. The fraction of sp³-hybridized carbons (Fsp3) is 0.462. The van der Waals surface area contributed by atoms with Gasteiger partial charge in [0.2, 0.25) is 0 Å². The Morgan fingerprint density at radius 3 is 2.67 bits per heavy atom. The van der Waals surface area contributed by atoms with E-state index in [9.17, 15) is 15.0 Å². The molecular weight excluding hydrogens is 234 g/mol. The number of carbonyl (C=O) groups excluding carboxylic acids is 1. The van der Waals surface area contributed by atoms with Gasteiger partial charge in [0.15, 0.2) is 6.29 Å². The monoisotopic (exact) mass is 251 g/mol. The quantitative estimate of drug-likeness (QED) is 0.705. The summed E-state index contributed by atoms with van der Waals surface area (Å²) in [7, 11) is 0. The second-order valence-corrected chi connectivity index (χ2v) is 4.47. The van der Waals surface area contributed by atoms with E-state index in [1.807, 2.05) is 6.07 Å². The number of aliphatic hydroxyl groups excluding tert-OH is 2. The predicted octanol–water partition coefficient (Wildman–Crippen LogP) is 0.273. The van der Waals surface area contributed by atoms with Gasteiger partial charge < -0.3 is 20.3 Å². The van der Waals surface area contributed by atoms with Crippen LogP contribution in [0.15, 0.2) is 30.3 Å². The van der Waals surface area contributed by atoms with Crippen LogP contribution in [0.5, 0.6) is 0 Å². The summed E-state index contributed by atoms with van der Waals surface area (Å²) < 4.78 is 5.07. The molecule has 1 fully saturated rings. The van der Waals surface area contributed by atoms with Gasteiger partial charge in [0.05, 0.1) is 12.1 Å². The number of hydrogen-bond donors (Lipinski definition) is 3. The molecule has 0 spiro atoms. The minimum Gasteiger partial charge on any atom is -0.388 e. The van der Waals surface area contributed by atoms with Crippen LogP contribution in [0.1, 0.15) is 23.7 Å². The molecule has 5 heteroatoms. The second-order valence-electron chi connectivity index (χ2n) is 4.47. The molecule has 1 heterocycles. The topological polar surface area (TPSA) is 78.8 Å². The Bertz CT molecular complexity index is 409. The molecule has 1 aliphatic rings. The molecule has 18 heavy (non-hydrogen) atoms. The smallest absolute Gasteiger partial charge is 0.251 e. The Labute approximate surface area is 105 Å². The summed E-state index contributed by atoms with van der Waals surface area (Å²) in [6, 6.07) is 8.25. The minimum atomic E-state index is -0.954. The van der Waals surface area contributed by atoms with Gasteiger partial charge in [0.25, 0.3) is 5.91 Å². The highest BCUT2D eigenvalue weighted by Gasteiger charge is 2.35. The average Bonchev–Trinajstić information content (AvgIpc) is 2.36. The largest absolute Gasteiger partial charge is 0.388 e. The third-order valence-corrected chi connectivity index (χ3v) is 3.07. The van der Waals surface area contributed by atoms with Gasteiger partial charge in [0.1, 0.15) is 6.10 Å². The van der Waals surface area contributed by atoms with Crippen molar-refractivity contribution in [3.8, 4) is 0 Å². The molecule has 0 aliphatic carbocycles. The summed E-state index contributed by atoms with van der Waals surface area (Å²) in [5.41, 5.74) is 0.526. The first-order chi connectivity index (χ1) is 8.58. The van der Waals surface area contributed by atoms with Gasteiger partial charge in [0, 0.05) is 12.0 Å². The van der Waals surface area contributed by atoms with E-state index in [2.05, 4.69) is 5.32 Å². The molecule has 1 aromatic carbocycles. The van der Waals surface area contributed by atoms with Crippen LogP contribution in [0.3, 0.4) is 0 Å². The van der Waals surface area contributed by atoms with E-state index in [1.54, 1.807) is 31.2 Å². The zero-order chi connectivity index (χ0) is 13.1. The first-order valence-electron chi connectivity index (χ1n) is 5.95. The SMILES string of the molecule is C[C@H]1O[C@H](O)C[C@@H](NC(=O)c2ccccc2)[C@@H]1O. The van der Waals surface area contributed by atoms with Crippen LogP contribution in [0.2, 0.25) is 0 Å². The summed E-state index contributed by atoms with van der Waals surface area (Å²) >= 11 is 0. The summed E-state index contributed by atoms with van der Waals surface area (Å²) in [4.78, 5) is 11.9. The number of amides is 1. The van der Waals surface area contributed by atoms with E-state index >= 15 is 0 Å². The van der Waals surface area contributed by atoms with Crippen molar-refractivity contribution in [2.45, 2.75) is 37.9 Å². The van der Waals surface area contributed by atoms with Crippen molar-refractivity contribution in [1.29, 1.82) is 0 Å². The maximum atomic E-state index is 11.9. The first kappa shape index (κ1) is 13.0. The average molecular weight is 251 g/mol. The van der Waals surface area contributed by atoms with Crippen molar-refractivity contribution in [2.24, 2.45) is 0 Å². The Morgan fingerprint density at radius 2 is 2.00 bits per heavy atom. The van der Waals surface area contributed by atoms with Gasteiger partial charge in [-0.05, 0) is 19.1 Å². The molecule has 2 rings (SSSR count). The summed E-state index contributed by atoms with van der Waals surface area (Å²) in [5.74, 6) is -0.263. The van der Waals surface area contributed by atoms with E-state index < -0.39 is 24.5 Å². The van der Waals surface area contributed by atoms with Crippen LogP contribution in [0, 0.1) is 0 Å². The van der Waals surface area contributed by atoms with E-state index in [4.69, 9.17) is 4.74 Å². The number of nitrogens with one attached hydrogen (secondary N) is 1. The zero-order valence-corrected chi connectivity index (χ0v) is 10.1. The van der Waals surface area contributed by atoms with Crippen molar-refractivity contribution in [1.82, 2.24) is 5.32 Å². The lowest BCUT2D eigenvalue weighted by Crippen LogP contribution is -2.54. The molecular formula is C13H17NO4. The number of rotatable bonds is 2. The molecule has 1 amide bonds. The maximum absolute atomic E-state index is 11.9. The number of benzene rings is 1. The van der Waals surface area contributed by atoms with Crippen molar-refractivity contribution in [3.63, 3.8) is 0 Å². The lowest BCUT2D eigenvalue weighted by molar-refractivity contribution is -0.201. The molecule has 98 valence electrons. The maximum Gasteiger partial charge on any atom is 0.251 e. The minimum absolute atomic E-state index is 0.185. The Hall–Kier alpha value is -1.43. The number of ether oxygens (including phenoxy) is 1. The molecule has 1 aromatic rings. The standard InChI is InChI=1S/C13H17NO4/c1-8-12(16)10(7-11(15)18-8)14-13(17)9-5-3-2-4-6-9/h2-6,8,10-12,15-16H,7H2,1H3,(H,14,17)/t8-,10-,11+,12-/m1/s1. The fourth-order valence-electron chi connectivity index (χ4n) is 2.05. The normalized spacial score (nSPS) is 31.9. The molecule has 1 aliphatic heterocycles. The number of hydrogen-bond acceptors (Lipinski definition) is 4. The highest BCUT2D eigenvalue weighted by molar-refractivity contribution is 5.94. The molecule has 1 saturated heterocycles. The third-order valence-electron chi connectivity index (χ3n) is 3.07. The van der Waals surface area contributed by atoms with Crippen molar-refractivity contribution < 1.29 is 19.7 Å². The van der Waals surface area contributed by atoms with E-state index in [-0.39, 0.29) is 12.3 Å². The number of aliphatic hydroxyl groups is 2. The van der Waals surface area contributed by atoms with Crippen LogP contribution in [-0.2, 0) is 4.74 Å². The van der Waals surface area contributed by atoms with Crippen LogP contribution in [-0.4, -0.2) is 40.7 Å². The van der Waals surface area contributed by atoms with Gasteiger partial charge in [-0.1, -0.05) is 18.2 Å². The lowest BCUT2D eigenvalue weighted by Gasteiger charge is -2.36. The second kappa shape index (κ2) is 5.48. The molecule has 0 saturated carbocycles. The Kier molecular flexibility index (Phi) is 3.96. The Morgan fingerprint density at radius 1 is 1.33 bits per heavy atom. The van der Waals surface area contributed by atoms with Crippen molar-refractivity contribution in [3.05, 3.63) is 35.9 Å². The third kappa shape index (κ3) is 2.87. The van der Waals surface area contributed by atoms with Gasteiger partial charge in [-0.15, -0.1) is 0 Å². The van der Waals surface area contributed by atoms with E-state index in [1.165, 1.54) is 0 Å². The number of carbonyl (C=O) groups is 1. The molecule has 0 unspecified atom stereocenters. The summed E-state index contributed by atoms with van der Waals surface area (Å²) in [6.45, 7) is 1.66. The van der Waals surface area contributed by atoms with Gasteiger partial charge in [-0.2, -0.15) is 0 Å². The Balaban J connectivity index is 2.02. The van der Waals surface area contributed by atoms with E-state index in [0.717, 1.165) is 0 Å². The van der Waals surface area contributed by atoms with Crippen molar-refractivity contribution >= 4 is 5.91 Å². The van der Waals surface area contributed by atoms with Crippen molar-refractivity contribution in [2.75, 3.05) is 0 Å². The van der Waals surface area contributed by atoms with Gasteiger partial charge in [-0.3, -0.25) is 4.79 Å². The van der Waals surface area contributed by atoms with Gasteiger partial charge >= 0.3 is 0 Å². The predicted molar refractivity (Wildman–Crippen MR) is 64.9 cm³/mol. The molecule has 0 aromatic heterocycles. The molecule has 0 radical (unpaired) electrons. The fourth-order valence-corrected chi connectivity index (χ4v) is 2.05.